The molecule has 1 aliphatic heterocycles. The number of ether oxygens (including phenoxy) is 1. The number of hydrogen-bond acceptors (Lipinski definition) is 3. The summed E-state index contributed by atoms with van der Waals surface area (Å²) in [5, 5.41) is 0. The van der Waals surface area contributed by atoms with Gasteiger partial charge in [-0.05, 0) is 56.2 Å². The molecule has 3 aromatic rings. The van der Waals surface area contributed by atoms with E-state index in [1.165, 1.54) is 0 Å². The first kappa shape index (κ1) is 16.4. The molecule has 0 saturated heterocycles. The van der Waals surface area contributed by atoms with Gasteiger partial charge in [-0.1, -0.05) is 18.2 Å². The molecule has 0 aliphatic carbocycles. The van der Waals surface area contributed by atoms with Crippen LogP contribution in [0.1, 0.15) is 31.9 Å². The molecule has 1 aromatic heterocycles. The third-order valence-electron chi connectivity index (χ3n) is 4.41. The van der Waals surface area contributed by atoms with E-state index in [1.807, 2.05) is 63.2 Å². The number of aromatic amines is 1. The number of H-pyrrole nitrogens is 1. The van der Waals surface area contributed by atoms with E-state index < -0.39 is 5.60 Å². The Morgan fingerprint density at radius 3 is 2.58 bits per heavy atom. The highest BCUT2D eigenvalue weighted by Gasteiger charge is 2.28. The van der Waals surface area contributed by atoms with Crippen LogP contribution in [0.2, 0.25) is 0 Å². The maximum atomic E-state index is 12.4. The third kappa shape index (κ3) is 2.87. The molecule has 0 unspecified atom stereocenters. The van der Waals surface area contributed by atoms with Crippen molar-refractivity contribution in [3.8, 4) is 5.69 Å². The number of amides is 1. The van der Waals surface area contributed by atoms with Crippen LogP contribution in [0.25, 0.3) is 16.7 Å². The molecular weight excluding hydrogens is 330 g/mol. The topological polar surface area (TPSA) is 67.3 Å². The van der Waals surface area contributed by atoms with Gasteiger partial charge < -0.3 is 9.72 Å². The Morgan fingerprint density at radius 1 is 1.08 bits per heavy atom. The van der Waals surface area contributed by atoms with Crippen LogP contribution in [0, 0.1) is 0 Å². The second-order valence-electron chi connectivity index (χ2n) is 7.57. The van der Waals surface area contributed by atoms with Gasteiger partial charge >= 0.3 is 11.8 Å². The zero-order valence-electron chi connectivity index (χ0n) is 15.1. The predicted octanol–water partition coefficient (Wildman–Crippen LogP) is 3.57. The molecule has 0 fully saturated rings. The monoisotopic (exact) mass is 351 g/mol. The largest absolute Gasteiger partial charge is 0.444 e. The number of carbonyl (C=O) groups excluding carboxylic acids is 1. The molecule has 0 bridgehead atoms. The summed E-state index contributed by atoms with van der Waals surface area (Å²) in [7, 11) is 0. The van der Waals surface area contributed by atoms with Gasteiger partial charge in [0.05, 0.1) is 16.7 Å². The second-order valence-corrected chi connectivity index (χ2v) is 7.57. The normalized spacial score (nSPS) is 13.9. The summed E-state index contributed by atoms with van der Waals surface area (Å²) in [6.45, 7) is 6.57. The van der Waals surface area contributed by atoms with Gasteiger partial charge in [0.2, 0.25) is 0 Å². The van der Waals surface area contributed by atoms with Crippen molar-refractivity contribution < 1.29 is 9.53 Å². The van der Waals surface area contributed by atoms with Gasteiger partial charge in [0.25, 0.3) is 0 Å². The molecule has 6 nitrogen and oxygen atoms in total. The molecule has 0 radical (unpaired) electrons. The van der Waals surface area contributed by atoms with Crippen molar-refractivity contribution in [1.82, 2.24) is 14.5 Å². The molecule has 26 heavy (non-hydrogen) atoms. The minimum Gasteiger partial charge on any atom is -0.444 e. The van der Waals surface area contributed by atoms with Gasteiger partial charge in [-0.25, -0.2) is 9.59 Å². The number of para-hydroxylation sites is 2. The van der Waals surface area contributed by atoms with Crippen LogP contribution in [0.4, 0.5) is 4.79 Å². The standard InChI is InChI=1S/C20H21N3O3/c1-20(2,3)26-19(25)22-11-13-8-9-15(10-14(13)12-22)23-17-7-5-4-6-16(17)21-18(23)24/h4-10H,11-12H2,1-3H3,(H,21,24). The Kier molecular flexibility index (Phi) is 3.64. The van der Waals surface area contributed by atoms with Gasteiger partial charge in [-0.2, -0.15) is 0 Å². The zero-order chi connectivity index (χ0) is 18.5. The molecule has 2 aromatic carbocycles. The summed E-state index contributed by atoms with van der Waals surface area (Å²) in [4.78, 5) is 29.3. The van der Waals surface area contributed by atoms with E-state index in [4.69, 9.17) is 4.74 Å². The zero-order valence-corrected chi connectivity index (χ0v) is 15.1. The highest BCUT2D eigenvalue weighted by Crippen LogP contribution is 2.27. The van der Waals surface area contributed by atoms with Crippen LogP contribution in [-0.4, -0.2) is 26.1 Å². The fourth-order valence-electron chi connectivity index (χ4n) is 3.29. The van der Waals surface area contributed by atoms with E-state index in [1.54, 1.807) is 9.47 Å². The maximum Gasteiger partial charge on any atom is 0.410 e. The van der Waals surface area contributed by atoms with Crippen molar-refractivity contribution in [2.24, 2.45) is 0 Å². The molecule has 0 spiro atoms. The number of aromatic nitrogens is 2. The van der Waals surface area contributed by atoms with E-state index >= 15 is 0 Å². The van der Waals surface area contributed by atoms with Gasteiger partial charge in [-0.3, -0.25) is 9.47 Å². The summed E-state index contributed by atoms with van der Waals surface area (Å²) < 4.78 is 7.12. The summed E-state index contributed by atoms with van der Waals surface area (Å²) in [5.41, 5.74) is 3.84. The molecule has 0 atom stereocenters. The highest BCUT2D eigenvalue weighted by atomic mass is 16.6. The Hall–Kier alpha value is -3.02. The number of nitrogens with one attached hydrogen (secondary N) is 1. The maximum absolute atomic E-state index is 12.4. The average molecular weight is 351 g/mol. The lowest BCUT2D eigenvalue weighted by Crippen LogP contribution is -2.33. The number of imidazole rings is 1. The summed E-state index contributed by atoms with van der Waals surface area (Å²) >= 11 is 0. The van der Waals surface area contributed by atoms with Crippen LogP contribution >= 0.6 is 0 Å². The number of rotatable bonds is 1. The lowest BCUT2D eigenvalue weighted by Gasteiger charge is -2.24. The van der Waals surface area contributed by atoms with Gasteiger partial charge in [0, 0.05) is 13.1 Å². The van der Waals surface area contributed by atoms with Crippen molar-refractivity contribution in [3.63, 3.8) is 0 Å². The number of benzene rings is 2. The Balaban J connectivity index is 1.66. The molecule has 1 N–H and O–H groups in total. The first-order chi connectivity index (χ1) is 12.3. The number of fused-ring (bicyclic) bond motifs is 2. The molecule has 4 rings (SSSR count). The first-order valence-corrected chi connectivity index (χ1v) is 8.62. The number of hydrogen-bond donors (Lipinski definition) is 1. The van der Waals surface area contributed by atoms with Crippen molar-refractivity contribution >= 4 is 17.1 Å². The van der Waals surface area contributed by atoms with Crippen molar-refractivity contribution in [2.75, 3.05) is 0 Å². The molecule has 1 amide bonds. The number of carbonyl (C=O) groups is 1. The fourth-order valence-corrected chi connectivity index (χ4v) is 3.29. The van der Waals surface area contributed by atoms with Crippen LogP contribution in [0.3, 0.4) is 0 Å². The van der Waals surface area contributed by atoms with E-state index in [0.29, 0.717) is 13.1 Å². The van der Waals surface area contributed by atoms with E-state index in [0.717, 1.165) is 27.8 Å². The first-order valence-electron chi connectivity index (χ1n) is 8.62. The Morgan fingerprint density at radius 2 is 1.81 bits per heavy atom. The van der Waals surface area contributed by atoms with Gasteiger partial charge in [-0.15, -0.1) is 0 Å². The Bertz CT molecular complexity index is 1060. The molecule has 6 heteroatoms. The molecule has 2 heterocycles. The lowest BCUT2D eigenvalue weighted by atomic mass is 10.1. The van der Waals surface area contributed by atoms with Gasteiger partial charge in [0.15, 0.2) is 0 Å². The van der Waals surface area contributed by atoms with E-state index in [9.17, 15) is 9.59 Å². The quantitative estimate of drug-likeness (QED) is 0.729. The SMILES string of the molecule is CC(C)(C)OC(=O)N1Cc2ccc(-n3c(=O)[nH]c4ccccc43)cc2C1. The Labute approximate surface area is 151 Å². The van der Waals surface area contributed by atoms with Crippen LogP contribution < -0.4 is 5.69 Å². The summed E-state index contributed by atoms with van der Waals surface area (Å²) in [5.74, 6) is 0. The third-order valence-corrected chi connectivity index (χ3v) is 4.41. The van der Waals surface area contributed by atoms with Crippen LogP contribution in [0.15, 0.2) is 47.3 Å². The summed E-state index contributed by atoms with van der Waals surface area (Å²) in [6, 6.07) is 13.5. The minimum absolute atomic E-state index is 0.173. The van der Waals surface area contributed by atoms with Crippen LogP contribution in [-0.2, 0) is 17.8 Å². The second kappa shape index (κ2) is 5.76. The molecular formula is C20H21N3O3. The van der Waals surface area contributed by atoms with Crippen molar-refractivity contribution in [2.45, 2.75) is 39.5 Å². The number of nitrogens with zero attached hydrogens (tertiary/aromatic N) is 2. The fraction of sp³-hybridized carbons (Fsp3) is 0.300. The summed E-state index contributed by atoms with van der Waals surface area (Å²) in [6.07, 6.45) is -0.320. The van der Waals surface area contributed by atoms with E-state index in [-0.39, 0.29) is 11.8 Å². The molecule has 1 aliphatic rings. The van der Waals surface area contributed by atoms with Crippen molar-refractivity contribution in [3.05, 3.63) is 64.1 Å². The molecule has 134 valence electrons. The highest BCUT2D eigenvalue weighted by molar-refractivity contribution is 5.77. The predicted molar refractivity (Wildman–Crippen MR) is 99.4 cm³/mol. The smallest absolute Gasteiger partial charge is 0.410 e. The van der Waals surface area contributed by atoms with Crippen LogP contribution in [0.5, 0.6) is 0 Å². The average Bonchev–Trinajstić information content (AvgIpc) is 3.12. The molecule has 0 saturated carbocycles. The van der Waals surface area contributed by atoms with E-state index in [2.05, 4.69) is 4.98 Å². The van der Waals surface area contributed by atoms with Crippen molar-refractivity contribution in [1.29, 1.82) is 0 Å². The lowest BCUT2D eigenvalue weighted by molar-refractivity contribution is 0.0242. The van der Waals surface area contributed by atoms with Gasteiger partial charge in [0.1, 0.15) is 5.60 Å². The minimum atomic E-state index is -0.519.